The van der Waals surface area contributed by atoms with E-state index in [0.717, 1.165) is 32.0 Å². The summed E-state index contributed by atoms with van der Waals surface area (Å²) in [7, 11) is 2.07. The van der Waals surface area contributed by atoms with E-state index < -0.39 is 11.6 Å². The molecule has 1 saturated heterocycles. The molecule has 17 heavy (non-hydrogen) atoms. The first-order valence-electron chi connectivity index (χ1n) is 5.66. The van der Waals surface area contributed by atoms with Crippen molar-refractivity contribution in [3.05, 3.63) is 28.2 Å². The number of anilines is 1. The minimum absolute atomic E-state index is 0.262. The summed E-state index contributed by atoms with van der Waals surface area (Å²) < 4.78 is 26.9. The van der Waals surface area contributed by atoms with E-state index in [9.17, 15) is 8.78 Å². The third kappa shape index (κ3) is 3.16. The van der Waals surface area contributed by atoms with E-state index in [1.165, 1.54) is 6.07 Å². The van der Waals surface area contributed by atoms with Crippen molar-refractivity contribution in [2.75, 3.05) is 25.5 Å². The molecule has 0 aliphatic carbocycles. The summed E-state index contributed by atoms with van der Waals surface area (Å²) >= 11 is 3.06. The summed E-state index contributed by atoms with van der Waals surface area (Å²) in [5, 5.41) is 3.14. The maximum Gasteiger partial charge on any atom is 0.149 e. The highest BCUT2D eigenvalue weighted by atomic mass is 79.9. The topological polar surface area (TPSA) is 15.3 Å². The van der Waals surface area contributed by atoms with Crippen LogP contribution in [-0.2, 0) is 0 Å². The molecule has 2 nitrogen and oxygen atoms in total. The largest absolute Gasteiger partial charge is 0.380 e. The molecule has 0 aromatic heterocycles. The van der Waals surface area contributed by atoms with Gasteiger partial charge in [-0.05, 0) is 55.0 Å². The van der Waals surface area contributed by atoms with E-state index in [0.29, 0.717) is 5.69 Å². The molecule has 94 valence electrons. The predicted molar refractivity (Wildman–Crippen MR) is 68.2 cm³/mol. The Morgan fingerprint density at radius 3 is 2.53 bits per heavy atom. The van der Waals surface area contributed by atoms with Gasteiger partial charge in [0, 0.05) is 12.1 Å². The number of likely N-dealkylation sites (tertiary alicyclic amines) is 1. The first-order valence-corrected chi connectivity index (χ1v) is 6.45. The van der Waals surface area contributed by atoms with Crippen molar-refractivity contribution in [3.63, 3.8) is 0 Å². The number of nitrogens with one attached hydrogen (secondary N) is 1. The monoisotopic (exact) mass is 304 g/mol. The van der Waals surface area contributed by atoms with Crippen LogP contribution in [-0.4, -0.2) is 31.1 Å². The Labute approximate surface area is 108 Å². The molecule has 0 radical (unpaired) electrons. The molecule has 0 unspecified atom stereocenters. The molecule has 0 spiro atoms. The van der Waals surface area contributed by atoms with Crippen molar-refractivity contribution in [1.29, 1.82) is 0 Å². The molecular weight excluding hydrogens is 290 g/mol. The lowest BCUT2D eigenvalue weighted by Crippen LogP contribution is -2.36. The van der Waals surface area contributed by atoms with Gasteiger partial charge in [-0.15, -0.1) is 0 Å². The van der Waals surface area contributed by atoms with Crippen LogP contribution in [0.5, 0.6) is 0 Å². The van der Waals surface area contributed by atoms with Gasteiger partial charge >= 0.3 is 0 Å². The van der Waals surface area contributed by atoms with Crippen molar-refractivity contribution in [3.8, 4) is 0 Å². The second-order valence-electron chi connectivity index (χ2n) is 4.47. The molecule has 1 heterocycles. The number of hydrogen-bond acceptors (Lipinski definition) is 2. The van der Waals surface area contributed by atoms with Gasteiger partial charge in [-0.25, -0.2) is 8.78 Å². The molecule has 2 rings (SSSR count). The molecule has 1 aliphatic heterocycles. The quantitative estimate of drug-likeness (QED) is 0.844. The predicted octanol–water partition coefficient (Wildman–Crippen LogP) is 3.23. The zero-order chi connectivity index (χ0) is 12.4. The van der Waals surface area contributed by atoms with Gasteiger partial charge in [0.25, 0.3) is 0 Å². The third-order valence-electron chi connectivity index (χ3n) is 3.09. The Balaban J connectivity index is 2.06. The second kappa shape index (κ2) is 5.31. The van der Waals surface area contributed by atoms with Crippen molar-refractivity contribution < 1.29 is 8.78 Å². The smallest absolute Gasteiger partial charge is 0.149 e. The highest BCUT2D eigenvalue weighted by Gasteiger charge is 2.18. The van der Waals surface area contributed by atoms with Gasteiger partial charge < -0.3 is 10.2 Å². The van der Waals surface area contributed by atoms with Gasteiger partial charge in [-0.3, -0.25) is 0 Å². The zero-order valence-electron chi connectivity index (χ0n) is 9.64. The second-order valence-corrected chi connectivity index (χ2v) is 5.32. The van der Waals surface area contributed by atoms with Crippen LogP contribution in [0.15, 0.2) is 16.6 Å². The first-order chi connectivity index (χ1) is 8.06. The van der Waals surface area contributed by atoms with Crippen molar-refractivity contribution in [1.82, 2.24) is 4.90 Å². The van der Waals surface area contributed by atoms with Crippen LogP contribution in [0, 0.1) is 11.6 Å². The van der Waals surface area contributed by atoms with Gasteiger partial charge in [0.05, 0.1) is 10.2 Å². The van der Waals surface area contributed by atoms with Crippen molar-refractivity contribution in [2.45, 2.75) is 18.9 Å². The summed E-state index contributed by atoms with van der Waals surface area (Å²) in [6.07, 6.45) is 1.95. The van der Waals surface area contributed by atoms with Crippen LogP contribution in [0.3, 0.4) is 0 Å². The number of hydrogen-bond donors (Lipinski definition) is 1. The number of rotatable bonds is 2. The summed E-state index contributed by atoms with van der Waals surface area (Å²) in [5.41, 5.74) is 0.368. The molecule has 1 aliphatic rings. The Morgan fingerprint density at radius 1 is 1.24 bits per heavy atom. The Bertz CT molecular complexity index is 404. The molecule has 1 aromatic carbocycles. The van der Waals surface area contributed by atoms with Crippen LogP contribution < -0.4 is 5.32 Å². The highest BCUT2D eigenvalue weighted by Crippen LogP contribution is 2.25. The standard InChI is InChI=1S/C12H15BrF2N2/c1-17-4-2-8(3-5-17)16-12-6-9(13)10(14)7-11(12)15/h6-8,16H,2-5H2,1H3. The highest BCUT2D eigenvalue weighted by molar-refractivity contribution is 9.10. The normalized spacial score (nSPS) is 18.4. The summed E-state index contributed by atoms with van der Waals surface area (Å²) in [5.74, 6) is -1.11. The summed E-state index contributed by atoms with van der Waals surface area (Å²) in [4.78, 5) is 2.25. The molecule has 1 N–H and O–H groups in total. The minimum Gasteiger partial charge on any atom is -0.380 e. The zero-order valence-corrected chi connectivity index (χ0v) is 11.2. The Kier molecular flexibility index (Phi) is 3.99. The third-order valence-corrected chi connectivity index (χ3v) is 3.70. The molecule has 0 saturated carbocycles. The number of halogens is 3. The summed E-state index contributed by atoms with van der Waals surface area (Å²) in [6, 6.07) is 2.63. The lowest BCUT2D eigenvalue weighted by atomic mass is 10.1. The van der Waals surface area contributed by atoms with E-state index in [2.05, 4.69) is 33.2 Å². The van der Waals surface area contributed by atoms with Crippen LogP contribution in [0.25, 0.3) is 0 Å². The first kappa shape index (κ1) is 12.8. The van der Waals surface area contributed by atoms with Crippen LogP contribution in [0.2, 0.25) is 0 Å². The van der Waals surface area contributed by atoms with Crippen LogP contribution in [0.4, 0.5) is 14.5 Å². The summed E-state index contributed by atoms with van der Waals surface area (Å²) in [6.45, 7) is 2.00. The van der Waals surface area contributed by atoms with Gasteiger partial charge in [-0.1, -0.05) is 0 Å². The van der Waals surface area contributed by atoms with Crippen molar-refractivity contribution >= 4 is 21.6 Å². The molecule has 0 bridgehead atoms. The molecule has 1 fully saturated rings. The molecule has 0 amide bonds. The molecule has 1 aromatic rings. The van der Waals surface area contributed by atoms with Gasteiger partial charge in [-0.2, -0.15) is 0 Å². The minimum atomic E-state index is -0.573. The van der Waals surface area contributed by atoms with E-state index in [1.54, 1.807) is 0 Å². The van der Waals surface area contributed by atoms with E-state index in [-0.39, 0.29) is 10.5 Å². The molecule has 0 atom stereocenters. The Morgan fingerprint density at radius 2 is 1.88 bits per heavy atom. The fourth-order valence-electron chi connectivity index (χ4n) is 2.01. The van der Waals surface area contributed by atoms with Crippen molar-refractivity contribution in [2.24, 2.45) is 0 Å². The van der Waals surface area contributed by atoms with E-state index in [4.69, 9.17) is 0 Å². The maximum atomic E-state index is 13.5. The average molecular weight is 305 g/mol. The van der Waals surface area contributed by atoms with Gasteiger partial charge in [0.1, 0.15) is 11.6 Å². The van der Waals surface area contributed by atoms with Crippen LogP contribution >= 0.6 is 15.9 Å². The number of piperidine rings is 1. The lowest BCUT2D eigenvalue weighted by molar-refractivity contribution is 0.263. The molecular formula is C12H15BrF2N2. The van der Waals surface area contributed by atoms with Gasteiger partial charge in [0.15, 0.2) is 0 Å². The fourth-order valence-corrected chi connectivity index (χ4v) is 2.35. The molecule has 5 heteroatoms. The van der Waals surface area contributed by atoms with Crippen LogP contribution in [0.1, 0.15) is 12.8 Å². The number of benzene rings is 1. The number of nitrogens with zero attached hydrogens (tertiary/aromatic N) is 1. The van der Waals surface area contributed by atoms with E-state index >= 15 is 0 Å². The van der Waals surface area contributed by atoms with E-state index in [1.807, 2.05) is 0 Å². The average Bonchev–Trinajstić information content (AvgIpc) is 2.29. The van der Waals surface area contributed by atoms with Gasteiger partial charge in [0.2, 0.25) is 0 Å². The Hall–Kier alpha value is -0.680. The maximum absolute atomic E-state index is 13.5. The lowest BCUT2D eigenvalue weighted by Gasteiger charge is -2.30. The SMILES string of the molecule is CN1CCC(Nc2cc(Br)c(F)cc2F)CC1. The fraction of sp³-hybridized carbons (Fsp3) is 0.500.